The Morgan fingerprint density at radius 1 is 1.24 bits per heavy atom. The molecule has 2 unspecified atom stereocenters. The molecule has 2 aliphatic rings. The smallest absolute Gasteiger partial charge is 0.144 e. The summed E-state index contributed by atoms with van der Waals surface area (Å²) >= 11 is 6.50. The van der Waals surface area contributed by atoms with Gasteiger partial charge in [-0.1, -0.05) is 11.6 Å². The molecule has 0 bridgehead atoms. The van der Waals surface area contributed by atoms with E-state index in [1.807, 2.05) is 19.1 Å². The molecule has 5 nitrogen and oxygen atoms in total. The van der Waals surface area contributed by atoms with E-state index in [-0.39, 0.29) is 6.61 Å². The molecule has 2 aromatic rings. The van der Waals surface area contributed by atoms with Gasteiger partial charge in [0.2, 0.25) is 0 Å². The quantitative estimate of drug-likeness (QED) is 0.888. The Morgan fingerprint density at radius 2 is 2.00 bits per heavy atom. The van der Waals surface area contributed by atoms with Crippen LogP contribution in [0.4, 0.5) is 15.9 Å². The van der Waals surface area contributed by atoms with Gasteiger partial charge in [0.15, 0.2) is 0 Å². The molecule has 25 heavy (non-hydrogen) atoms. The van der Waals surface area contributed by atoms with Gasteiger partial charge in [-0.3, -0.25) is 4.90 Å². The molecule has 1 aromatic carbocycles. The highest BCUT2D eigenvalue weighted by Crippen LogP contribution is 2.34. The molecule has 2 N–H and O–H groups in total. The molecule has 0 saturated carbocycles. The van der Waals surface area contributed by atoms with Crippen LogP contribution in [0.25, 0.3) is 10.8 Å². The molecule has 2 aliphatic heterocycles. The summed E-state index contributed by atoms with van der Waals surface area (Å²) in [6.45, 7) is 5.78. The number of anilines is 2. The van der Waals surface area contributed by atoms with Gasteiger partial charge in [-0.2, -0.15) is 0 Å². The van der Waals surface area contributed by atoms with Gasteiger partial charge >= 0.3 is 0 Å². The lowest BCUT2D eigenvalue weighted by Crippen LogP contribution is -2.59. The molecule has 0 spiro atoms. The van der Waals surface area contributed by atoms with Gasteiger partial charge < -0.3 is 15.4 Å². The van der Waals surface area contributed by atoms with Gasteiger partial charge in [-0.15, -0.1) is 0 Å². The highest BCUT2D eigenvalue weighted by molar-refractivity contribution is 6.34. The summed E-state index contributed by atoms with van der Waals surface area (Å²) in [5.74, 6) is 0.494. The molecule has 0 amide bonds. The van der Waals surface area contributed by atoms with E-state index in [1.54, 1.807) is 6.20 Å². The Bertz CT molecular complexity index is 796. The van der Waals surface area contributed by atoms with Crippen molar-refractivity contribution in [2.75, 3.05) is 50.0 Å². The SMILES string of the molecule is CC1(N2CCN(c3cc4cc(N)ncc4cc3Cl)CC2)COCC1F. The molecule has 1 aromatic heterocycles. The number of nitrogens with zero attached hydrogens (tertiary/aromatic N) is 3. The van der Waals surface area contributed by atoms with Gasteiger partial charge in [-0.25, -0.2) is 9.37 Å². The minimum Gasteiger partial charge on any atom is -0.384 e. The van der Waals surface area contributed by atoms with Gasteiger partial charge in [0.1, 0.15) is 12.0 Å². The fourth-order valence-corrected chi connectivity index (χ4v) is 4.09. The largest absolute Gasteiger partial charge is 0.384 e. The number of nitrogen functional groups attached to an aromatic ring is 1. The topological polar surface area (TPSA) is 54.6 Å². The monoisotopic (exact) mass is 364 g/mol. The number of aromatic nitrogens is 1. The van der Waals surface area contributed by atoms with Crippen molar-refractivity contribution in [1.82, 2.24) is 9.88 Å². The molecule has 0 aliphatic carbocycles. The highest BCUT2D eigenvalue weighted by atomic mass is 35.5. The predicted octanol–water partition coefficient (Wildman–Crippen LogP) is 2.72. The van der Waals surface area contributed by atoms with Gasteiger partial charge in [0, 0.05) is 37.8 Å². The van der Waals surface area contributed by atoms with Crippen molar-refractivity contribution >= 4 is 33.9 Å². The number of hydrogen-bond donors (Lipinski definition) is 1. The summed E-state index contributed by atoms with van der Waals surface area (Å²) < 4.78 is 19.6. The molecule has 7 heteroatoms. The zero-order chi connectivity index (χ0) is 17.6. The van der Waals surface area contributed by atoms with Crippen molar-refractivity contribution in [3.8, 4) is 0 Å². The zero-order valence-electron chi connectivity index (χ0n) is 14.2. The average Bonchev–Trinajstić information content (AvgIpc) is 2.95. The minimum atomic E-state index is -0.932. The van der Waals surface area contributed by atoms with Crippen molar-refractivity contribution < 1.29 is 9.13 Å². The number of fused-ring (bicyclic) bond motifs is 1. The summed E-state index contributed by atoms with van der Waals surface area (Å²) in [5, 5.41) is 2.69. The van der Waals surface area contributed by atoms with Crippen LogP contribution >= 0.6 is 11.6 Å². The first-order valence-electron chi connectivity index (χ1n) is 8.54. The first-order chi connectivity index (χ1) is 12.0. The lowest BCUT2D eigenvalue weighted by molar-refractivity contribution is 0.0448. The zero-order valence-corrected chi connectivity index (χ0v) is 15.0. The highest BCUT2D eigenvalue weighted by Gasteiger charge is 2.46. The number of benzene rings is 1. The number of hydrogen-bond acceptors (Lipinski definition) is 5. The second-order valence-corrected chi connectivity index (χ2v) is 7.48. The third-order valence-electron chi connectivity index (χ3n) is 5.48. The lowest BCUT2D eigenvalue weighted by atomic mass is 9.96. The van der Waals surface area contributed by atoms with Crippen LogP contribution in [0.1, 0.15) is 6.92 Å². The first-order valence-corrected chi connectivity index (χ1v) is 8.92. The van der Waals surface area contributed by atoms with E-state index >= 15 is 0 Å². The van der Waals surface area contributed by atoms with E-state index in [0.717, 1.165) is 42.6 Å². The summed E-state index contributed by atoms with van der Waals surface area (Å²) in [6.07, 6.45) is 0.805. The Kier molecular flexibility index (Phi) is 4.22. The number of halogens is 2. The maximum Gasteiger partial charge on any atom is 0.144 e. The molecule has 3 heterocycles. The number of piperazine rings is 1. The summed E-state index contributed by atoms with van der Waals surface area (Å²) in [7, 11) is 0. The van der Waals surface area contributed by atoms with Crippen molar-refractivity contribution in [3.63, 3.8) is 0 Å². The Hall–Kier alpha value is -1.63. The molecule has 2 fully saturated rings. The van der Waals surface area contributed by atoms with E-state index in [4.69, 9.17) is 22.1 Å². The number of nitrogens with two attached hydrogens (primary N) is 1. The van der Waals surface area contributed by atoms with E-state index in [9.17, 15) is 4.39 Å². The van der Waals surface area contributed by atoms with E-state index in [2.05, 4.69) is 20.9 Å². The number of pyridine rings is 1. The number of rotatable bonds is 2. The molecule has 4 rings (SSSR count). The second-order valence-electron chi connectivity index (χ2n) is 7.07. The van der Waals surface area contributed by atoms with Crippen LogP contribution in [-0.4, -0.2) is 61.0 Å². The normalized spacial score (nSPS) is 28.0. The fraction of sp³-hybridized carbons (Fsp3) is 0.500. The second kappa shape index (κ2) is 6.27. The standard InChI is InChI=1S/C18H22ClFN4O/c1-18(11-25-10-16(18)20)24-4-2-23(3-5-24)15-7-12-8-17(21)22-9-13(12)6-14(15)19/h6-9,16H,2-5,10-11H2,1H3,(H2,21,22). The maximum absolute atomic E-state index is 14.2. The molecule has 2 saturated heterocycles. The Balaban J connectivity index is 1.54. The Morgan fingerprint density at radius 3 is 2.68 bits per heavy atom. The number of alkyl halides is 1. The van der Waals surface area contributed by atoms with Crippen molar-refractivity contribution in [2.24, 2.45) is 0 Å². The molecular formula is C18H22ClFN4O. The maximum atomic E-state index is 14.2. The molecule has 134 valence electrons. The van der Waals surface area contributed by atoms with E-state index in [1.165, 1.54) is 0 Å². The summed E-state index contributed by atoms with van der Waals surface area (Å²) in [5.41, 5.74) is 6.27. The van der Waals surface area contributed by atoms with Crippen LogP contribution in [0.5, 0.6) is 0 Å². The number of ether oxygens (including phenoxy) is 1. The average molecular weight is 365 g/mol. The van der Waals surface area contributed by atoms with Crippen LogP contribution < -0.4 is 10.6 Å². The fourth-order valence-electron chi connectivity index (χ4n) is 3.80. The first kappa shape index (κ1) is 16.8. The third kappa shape index (κ3) is 2.92. The molecule has 2 atom stereocenters. The van der Waals surface area contributed by atoms with Crippen LogP contribution in [0, 0.1) is 0 Å². The van der Waals surface area contributed by atoms with E-state index in [0.29, 0.717) is 17.4 Å². The van der Waals surface area contributed by atoms with Gasteiger partial charge in [0.25, 0.3) is 0 Å². The van der Waals surface area contributed by atoms with Crippen LogP contribution in [0.15, 0.2) is 24.4 Å². The Labute approximate surface area is 151 Å². The molecule has 0 radical (unpaired) electrons. The minimum absolute atomic E-state index is 0.197. The van der Waals surface area contributed by atoms with Crippen LogP contribution in [0.2, 0.25) is 5.02 Å². The van der Waals surface area contributed by atoms with E-state index < -0.39 is 11.7 Å². The third-order valence-corrected chi connectivity index (χ3v) is 5.79. The van der Waals surface area contributed by atoms with Crippen molar-refractivity contribution in [2.45, 2.75) is 18.6 Å². The van der Waals surface area contributed by atoms with Crippen molar-refractivity contribution in [1.29, 1.82) is 0 Å². The summed E-state index contributed by atoms with van der Waals surface area (Å²) in [4.78, 5) is 8.57. The van der Waals surface area contributed by atoms with Crippen LogP contribution in [0.3, 0.4) is 0 Å². The van der Waals surface area contributed by atoms with Crippen molar-refractivity contribution in [3.05, 3.63) is 29.4 Å². The van der Waals surface area contributed by atoms with Gasteiger partial charge in [-0.05, 0) is 30.5 Å². The molecular weight excluding hydrogens is 343 g/mol. The lowest BCUT2D eigenvalue weighted by Gasteiger charge is -2.44. The van der Waals surface area contributed by atoms with Gasteiger partial charge in [0.05, 0.1) is 29.5 Å². The van der Waals surface area contributed by atoms with Crippen LogP contribution in [-0.2, 0) is 4.74 Å². The summed E-state index contributed by atoms with van der Waals surface area (Å²) in [6, 6.07) is 5.84. The predicted molar refractivity (Wildman–Crippen MR) is 99.1 cm³/mol.